The number of halogens is 1. The number of carbonyl (C=O) groups excluding carboxylic acids is 1. The number of hydrogen-bond acceptors (Lipinski definition) is 4. The van der Waals surface area contributed by atoms with Crippen molar-refractivity contribution in [2.45, 2.75) is 46.5 Å². The van der Waals surface area contributed by atoms with E-state index in [1.54, 1.807) is 18.2 Å². The van der Waals surface area contributed by atoms with E-state index in [0.29, 0.717) is 27.9 Å². The van der Waals surface area contributed by atoms with Gasteiger partial charge in [-0.2, -0.15) is 0 Å². The van der Waals surface area contributed by atoms with E-state index in [4.69, 9.17) is 16.3 Å². The summed E-state index contributed by atoms with van der Waals surface area (Å²) in [5.41, 5.74) is 1.23. The Kier molecular flexibility index (Phi) is 5.88. The third kappa shape index (κ3) is 4.48. The van der Waals surface area contributed by atoms with Crippen LogP contribution in [0.1, 0.15) is 54.5 Å². The van der Waals surface area contributed by atoms with Crippen LogP contribution < -0.4 is 10.1 Å². The number of ether oxygens (including phenoxy) is 1. The van der Waals surface area contributed by atoms with Gasteiger partial charge in [0.1, 0.15) is 10.6 Å². The Morgan fingerprint density at radius 3 is 2.67 bits per heavy atom. The van der Waals surface area contributed by atoms with Crippen molar-refractivity contribution >= 4 is 34.5 Å². The number of aryl methyl sites for hydroxylation is 1. The van der Waals surface area contributed by atoms with Crippen LogP contribution >= 0.6 is 22.9 Å². The van der Waals surface area contributed by atoms with E-state index in [0.717, 1.165) is 17.1 Å². The normalized spacial score (nSPS) is 11.4. The second-order valence-electron chi connectivity index (χ2n) is 6.63. The largest absolute Gasteiger partial charge is 0.491 e. The van der Waals surface area contributed by atoms with Crippen LogP contribution in [0.4, 0.5) is 5.69 Å². The predicted octanol–water partition coefficient (Wildman–Crippen LogP) is 5.44. The molecule has 1 heterocycles. The maximum atomic E-state index is 12.7. The standard InChI is InChI=1S/C18H23ClN2O2S/c1-6-9-23-14-8-7-12(19)10-13(14)21-16(22)15-11(2)20-17(24-15)18(3,4)5/h7-8,10H,6,9H2,1-5H3,(H,21,22). The third-order valence-electron chi connectivity index (χ3n) is 3.30. The van der Waals surface area contributed by atoms with Crippen molar-refractivity contribution in [3.05, 3.63) is 38.8 Å². The number of hydrogen-bond donors (Lipinski definition) is 1. The van der Waals surface area contributed by atoms with Gasteiger partial charge in [-0.1, -0.05) is 39.3 Å². The quantitative estimate of drug-likeness (QED) is 0.766. The Morgan fingerprint density at radius 2 is 2.08 bits per heavy atom. The average molecular weight is 367 g/mol. The summed E-state index contributed by atoms with van der Waals surface area (Å²) in [6, 6.07) is 5.22. The molecule has 0 aliphatic heterocycles. The number of carbonyl (C=O) groups is 1. The Bertz CT molecular complexity index is 735. The molecule has 4 nitrogen and oxygen atoms in total. The Balaban J connectivity index is 2.27. The molecule has 0 radical (unpaired) electrons. The zero-order chi connectivity index (χ0) is 17.9. The van der Waals surface area contributed by atoms with E-state index in [1.807, 2.05) is 13.8 Å². The minimum atomic E-state index is -0.191. The van der Waals surface area contributed by atoms with Gasteiger partial charge in [0.05, 0.1) is 23.0 Å². The van der Waals surface area contributed by atoms with Crippen LogP contribution in [0, 0.1) is 6.92 Å². The molecule has 0 atom stereocenters. The Labute approximate surface area is 152 Å². The lowest BCUT2D eigenvalue weighted by molar-refractivity contribution is 0.102. The number of nitrogens with one attached hydrogen (secondary N) is 1. The van der Waals surface area contributed by atoms with E-state index in [2.05, 4.69) is 31.1 Å². The van der Waals surface area contributed by atoms with Crippen LogP contribution in [0.3, 0.4) is 0 Å². The van der Waals surface area contributed by atoms with Crippen LogP contribution in [0.2, 0.25) is 5.02 Å². The number of nitrogens with zero attached hydrogens (tertiary/aromatic N) is 1. The SMILES string of the molecule is CCCOc1ccc(Cl)cc1NC(=O)c1sc(C(C)(C)C)nc1C. The molecule has 0 fully saturated rings. The Hall–Kier alpha value is -1.59. The zero-order valence-electron chi connectivity index (χ0n) is 14.7. The molecule has 0 spiro atoms. The highest BCUT2D eigenvalue weighted by Crippen LogP contribution is 2.32. The number of aromatic nitrogens is 1. The summed E-state index contributed by atoms with van der Waals surface area (Å²) in [7, 11) is 0. The minimum absolute atomic E-state index is 0.0839. The summed E-state index contributed by atoms with van der Waals surface area (Å²) in [6.07, 6.45) is 0.888. The van der Waals surface area contributed by atoms with Gasteiger partial charge >= 0.3 is 0 Å². The van der Waals surface area contributed by atoms with E-state index in [-0.39, 0.29) is 11.3 Å². The van der Waals surface area contributed by atoms with Crippen molar-refractivity contribution in [2.24, 2.45) is 0 Å². The lowest BCUT2D eigenvalue weighted by atomic mass is 9.98. The second-order valence-corrected chi connectivity index (χ2v) is 8.06. The first kappa shape index (κ1) is 18.7. The second kappa shape index (κ2) is 7.53. The Morgan fingerprint density at radius 1 is 1.38 bits per heavy atom. The molecule has 1 amide bonds. The molecule has 6 heteroatoms. The fraction of sp³-hybridized carbons (Fsp3) is 0.444. The molecule has 0 saturated heterocycles. The summed E-state index contributed by atoms with van der Waals surface area (Å²) in [6.45, 7) is 10.7. The van der Waals surface area contributed by atoms with E-state index >= 15 is 0 Å². The molecule has 2 rings (SSSR count). The van der Waals surface area contributed by atoms with E-state index in [1.165, 1.54) is 11.3 Å². The molecular formula is C18H23ClN2O2S. The van der Waals surface area contributed by atoms with Crippen molar-refractivity contribution in [1.29, 1.82) is 0 Å². The van der Waals surface area contributed by atoms with Gasteiger partial charge in [0.25, 0.3) is 5.91 Å². The molecule has 130 valence electrons. The molecule has 0 aliphatic rings. The number of thiazole rings is 1. The predicted molar refractivity (Wildman–Crippen MR) is 101 cm³/mol. The van der Waals surface area contributed by atoms with Gasteiger partial charge in [-0.05, 0) is 31.5 Å². The van der Waals surface area contributed by atoms with Gasteiger partial charge in [-0.3, -0.25) is 4.79 Å². The molecule has 0 bridgehead atoms. The van der Waals surface area contributed by atoms with Crippen LogP contribution in [-0.4, -0.2) is 17.5 Å². The van der Waals surface area contributed by atoms with Crippen LogP contribution in [0.25, 0.3) is 0 Å². The van der Waals surface area contributed by atoms with E-state index in [9.17, 15) is 4.79 Å². The molecule has 0 unspecified atom stereocenters. The van der Waals surface area contributed by atoms with Crippen molar-refractivity contribution < 1.29 is 9.53 Å². The molecule has 24 heavy (non-hydrogen) atoms. The van der Waals surface area contributed by atoms with Crippen molar-refractivity contribution in [1.82, 2.24) is 4.98 Å². The highest BCUT2D eigenvalue weighted by atomic mass is 35.5. The lowest BCUT2D eigenvalue weighted by Crippen LogP contribution is -2.13. The maximum Gasteiger partial charge on any atom is 0.267 e. The van der Waals surface area contributed by atoms with E-state index < -0.39 is 0 Å². The molecular weight excluding hydrogens is 344 g/mol. The lowest BCUT2D eigenvalue weighted by Gasteiger charge is -2.13. The van der Waals surface area contributed by atoms with Crippen LogP contribution in [0.15, 0.2) is 18.2 Å². The highest BCUT2D eigenvalue weighted by Gasteiger charge is 2.23. The average Bonchev–Trinajstić information content (AvgIpc) is 2.88. The summed E-state index contributed by atoms with van der Waals surface area (Å²) >= 11 is 7.48. The van der Waals surface area contributed by atoms with Gasteiger partial charge in [0.15, 0.2) is 0 Å². The molecule has 1 aromatic carbocycles. The molecule has 2 aromatic rings. The summed E-state index contributed by atoms with van der Waals surface area (Å²) in [5.74, 6) is 0.428. The van der Waals surface area contributed by atoms with Gasteiger partial charge in [-0.25, -0.2) is 4.98 Å². The molecule has 0 aliphatic carbocycles. The highest BCUT2D eigenvalue weighted by molar-refractivity contribution is 7.14. The minimum Gasteiger partial charge on any atom is -0.491 e. The zero-order valence-corrected chi connectivity index (χ0v) is 16.3. The molecule has 0 saturated carbocycles. The molecule has 1 aromatic heterocycles. The van der Waals surface area contributed by atoms with Crippen molar-refractivity contribution in [3.8, 4) is 5.75 Å². The summed E-state index contributed by atoms with van der Waals surface area (Å²) in [5, 5.41) is 4.39. The van der Waals surface area contributed by atoms with Gasteiger partial charge in [-0.15, -0.1) is 11.3 Å². The number of rotatable bonds is 5. The van der Waals surface area contributed by atoms with Crippen LogP contribution in [-0.2, 0) is 5.41 Å². The van der Waals surface area contributed by atoms with Gasteiger partial charge in [0, 0.05) is 10.4 Å². The molecule has 1 N–H and O–H groups in total. The first-order valence-corrected chi connectivity index (χ1v) is 9.13. The summed E-state index contributed by atoms with van der Waals surface area (Å²) < 4.78 is 5.68. The fourth-order valence-corrected chi connectivity index (χ4v) is 3.24. The van der Waals surface area contributed by atoms with Crippen LogP contribution in [0.5, 0.6) is 5.75 Å². The number of amides is 1. The smallest absolute Gasteiger partial charge is 0.267 e. The monoisotopic (exact) mass is 366 g/mol. The van der Waals surface area contributed by atoms with Gasteiger partial charge in [0.2, 0.25) is 0 Å². The first-order chi connectivity index (χ1) is 11.2. The number of anilines is 1. The van der Waals surface area contributed by atoms with Crippen molar-refractivity contribution in [3.63, 3.8) is 0 Å². The fourth-order valence-electron chi connectivity index (χ4n) is 2.04. The topological polar surface area (TPSA) is 51.2 Å². The first-order valence-electron chi connectivity index (χ1n) is 7.94. The number of benzene rings is 1. The summed E-state index contributed by atoms with van der Waals surface area (Å²) in [4.78, 5) is 17.8. The third-order valence-corrected chi connectivity index (χ3v) is 5.11. The maximum absolute atomic E-state index is 12.7. The van der Waals surface area contributed by atoms with Crippen molar-refractivity contribution in [2.75, 3.05) is 11.9 Å². The van der Waals surface area contributed by atoms with Gasteiger partial charge < -0.3 is 10.1 Å².